The summed E-state index contributed by atoms with van der Waals surface area (Å²) in [5, 5.41) is 3.16. The third-order valence-electron chi connectivity index (χ3n) is 2.49. The third kappa shape index (κ3) is 6.40. The first-order valence-corrected chi connectivity index (χ1v) is 7.94. The molecule has 0 spiro atoms. The summed E-state index contributed by atoms with van der Waals surface area (Å²) in [6.45, 7) is 3.77. The van der Waals surface area contributed by atoms with E-state index in [1.165, 1.54) is 13.3 Å². The van der Waals surface area contributed by atoms with Crippen molar-refractivity contribution in [2.75, 3.05) is 30.7 Å². The maximum atomic E-state index is 11.8. The molecule has 1 aromatic heterocycles. The van der Waals surface area contributed by atoms with Crippen molar-refractivity contribution in [3.8, 4) is 5.88 Å². The number of methoxy groups -OCH3 is 1. The van der Waals surface area contributed by atoms with Crippen LogP contribution in [0.2, 0.25) is 0 Å². The molecule has 1 heterocycles. The van der Waals surface area contributed by atoms with Crippen LogP contribution in [0.4, 0.5) is 5.69 Å². The summed E-state index contributed by atoms with van der Waals surface area (Å²) < 4.78 is 31.0. The van der Waals surface area contributed by atoms with E-state index in [9.17, 15) is 8.42 Å². The molecule has 0 atom stereocenters. The van der Waals surface area contributed by atoms with Crippen molar-refractivity contribution < 1.29 is 13.2 Å². The molecule has 0 aliphatic rings. The molecule has 108 valence electrons. The van der Waals surface area contributed by atoms with Crippen LogP contribution in [0.3, 0.4) is 0 Å². The van der Waals surface area contributed by atoms with Gasteiger partial charge in [0.05, 0.1) is 24.7 Å². The van der Waals surface area contributed by atoms with E-state index < -0.39 is 10.0 Å². The second kappa shape index (κ2) is 7.96. The van der Waals surface area contributed by atoms with Gasteiger partial charge in [-0.3, -0.25) is 4.72 Å². The smallest absolute Gasteiger partial charge is 0.232 e. The van der Waals surface area contributed by atoms with Crippen LogP contribution in [0.1, 0.15) is 19.8 Å². The predicted molar refractivity (Wildman–Crippen MR) is 76.0 cm³/mol. The molecule has 0 aliphatic carbocycles. The highest BCUT2D eigenvalue weighted by molar-refractivity contribution is 7.92. The molecule has 0 amide bonds. The van der Waals surface area contributed by atoms with Crippen molar-refractivity contribution in [1.29, 1.82) is 0 Å². The Morgan fingerprint density at radius 2 is 2.11 bits per heavy atom. The molecule has 0 unspecified atom stereocenters. The van der Waals surface area contributed by atoms with Gasteiger partial charge in [0.2, 0.25) is 15.9 Å². The molecule has 7 heteroatoms. The fraction of sp³-hybridized carbons (Fsp3) is 0.583. The van der Waals surface area contributed by atoms with E-state index in [0.29, 0.717) is 18.0 Å². The Hall–Kier alpha value is -1.34. The number of nitrogens with zero attached hydrogens (tertiary/aromatic N) is 1. The van der Waals surface area contributed by atoms with Crippen LogP contribution in [0.25, 0.3) is 0 Å². The Kier molecular flexibility index (Phi) is 6.58. The molecule has 0 bridgehead atoms. The Morgan fingerprint density at radius 1 is 1.32 bits per heavy atom. The fourth-order valence-electron chi connectivity index (χ4n) is 1.51. The largest absolute Gasteiger partial charge is 0.481 e. The fourth-order valence-corrected chi connectivity index (χ4v) is 2.68. The first-order chi connectivity index (χ1) is 9.07. The normalized spacial score (nSPS) is 11.3. The lowest BCUT2D eigenvalue weighted by Gasteiger charge is -2.08. The van der Waals surface area contributed by atoms with Crippen LogP contribution in [0, 0.1) is 0 Å². The quantitative estimate of drug-likeness (QED) is 0.668. The SMILES string of the molecule is CCNCCCCS(=O)(=O)Nc1ccc(OC)nc1. The maximum absolute atomic E-state index is 11.8. The monoisotopic (exact) mass is 287 g/mol. The van der Waals surface area contributed by atoms with Gasteiger partial charge in [0, 0.05) is 6.07 Å². The molecule has 19 heavy (non-hydrogen) atoms. The van der Waals surface area contributed by atoms with Crippen molar-refractivity contribution in [2.45, 2.75) is 19.8 Å². The highest BCUT2D eigenvalue weighted by Crippen LogP contribution is 2.12. The van der Waals surface area contributed by atoms with Gasteiger partial charge >= 0.3 is 0 Å². The molecular weight excluding hydrogens is 266 g/mol. The van der Waals surface area contributed by atoms with Crippen LogP contribution >= 0.6 is 0 Å². The van der Waals surface area contributed by atoms with Gasteiger partial charge in [0.25, 0.3) is 0 Å². The number of anilines is 1. The van der Waals surface area contributed by atoms with E-state index in [0.717, 1.165) is 19.5 Å². The Bertz CT molecular complexity index is 460. The Morgan fingerprint density at radius 3 is 2.68 bits per heavy atom. The Labute approximate surface area is 114 Å². The van der Waals surface area contributed by atoms with Gasteiger partial charge in [0.15, 0.2) is 0 Å². The summed E-state index contributed by atoms with van der Waals surface area (Å²) in [7, 11) is -1.79. The summed E-state index contributed by atoms with van der Waals surface area (Å²) in [5.41, 5.74) is 0.451. The third-order valence-corrected chi connectivity index (χ3v) is 3.86. The van der Waals surface area contributed by atoms with E-state index in [-0.39, 0.29) is 5.75 Å². The number of hydrogen-bond acceptors (Lipinski definition) is 5. The molecule has 0 saturated heterocycles. The van der Waals surface area contributed by atoms with Gasteiger partial charge in [-0.05, 0) is 32.0 Å². The minimum absolute atomic E-state index is 0.115. The standard InChI is InChI=1S/C12H21N3O3S/c1-3-13-8-4-5-9-19(16,17)15-11-6-7-12(18-2)14-10-11/h6-7,10,13,15H,3-5,8-9H2,1-2H3. The average molecular weight is 287 g/mol. The molecule has 6 nitrogen and oxygen atoms in total. The summed E-state index contributed by atoms with van der Waals surface area (Å²) in [6, 6.07) is 3.24. The highest BCUT2D eigenvalue weighted by Gasteiger charge is 2.10. The average Bonchev–Trinajstić information content (AvgIpc) is 2.39. The van der Waals surface area contributed by atoms with E-state index >= 15 is 0 Å². The first-order valence-electron chi connectivity index (χ1n) is 6.28. The lowest BCUT2D eigenvalue weighted by atomic mass is 10.3. The van der Waals surface area contributed by atoms with Crippen molar-refractivity contribution in [3.63, 3.8) is 0 Å². The summed E-state index contributed by atoms with van der Waals surface area (Å²) in [5.74, 6) is 0.568. The number of pyridine rings is 1. The highest BCUT2D eigenvalue weighted by atomic mass is 32.2. The predicted octanol–water partition coefficient (Wildman–Crippen LogP) is 1.22. The van der Waals surface area contributed by atoms with E-state index in [4.69, 9.17) is 4.74 Å². The van der Waals surface area contributed by atoms with Crippen LogP contribution in [0.5, 0.6) is 5.88 Å². The zero-order valence-electron chi connectivity index (χ0n) is 11.3. The van der Waals surface area contributed by atoms with Gasteiger partial charge in [-0.15, -0.1) is 0 Å². The molecule has 0 aromatic carbocycles. The van der Waals surface area contributed by atoms with Gasteiger partial charge in [-0.25, -0.2) is 13.4 Å². The Balaban J connectivity index is 2.40. The molecule has 0 saturated carbocycles. The van der Waals surface area contributed by atoms with Crippen LogP contribution in [-0.2, 0) is 10.0 Å². The summed E-state index contributed by atoms with van der Waals surface area (Å²) in [4.78, 5) is 3.94. The second-order valence-electron chi connectivity index (χ2n) is 4.07. The molecule has 0 radical (unpaired) electrons. The number of hydrogen-bond donors (Lipinski definition) is 2. The summed E-state index contributed by atoms with van der Waals surface area (Å²) in [6.07, 6.45) is 2.91. The number of ether oxygens (including phenoxy) is 1. The molecule has 2 N–H and O–H groups in total. The van der Waals surface area contributed by atoms with E-state index in [2.05, 4.69) is 15.0 Å². The number of sulfonamides is 1. The van der Waals surface area contributed by atoms with Gasteiger partial charge < -0.3 is 10.1 Å². The zero-order chi connectivity index (χ0) is 14.1. The van der Waals surface area contributed by atoms with Crippen LogP contribution < -0.4 is 14.8 Å². The molecule has 1 aromatic rings. The zero-order valence-corrected chi connectivity index (χ0v) is 12.2. The molecule has 0 fully saturated rings. The van der Waals surface area contributed by atoms with Crippen molar-refractivity contribution >= 4 is 15.7 Å². The topological polar surface area (TPSA) is 80.3 Å². The molecule has 0 aliphatic heterocycles. The van der Waals surface area contributed by atoms with Crippen molar-refractivity contribution in [2.24, 2.45) is 0 Å². The maximum Gasteiger partial charge on any atom is 0.232 e. The number of unbranched alkanes of at least 4 members (excludes halogenated alkanes) is 1. The number of nitrogens with one attached hydrogen (secondary N) is 2. The lowest BCUT2D eigenvalue weighted by Crippen LogP contribution is -2.19. The van der Waals surface area contributed by atoms with Crippen molar-refractivity contribution in [1.82, 2.24) is 10.3 Å². The molecule has 1 rings (SSSR count). The van der Waals surface area contributed by atoms with Gasteiger partial charge in [-0.2, -0.15) is 0 Å². The molecular formula is C12H21N3O3S. The van der Waals surface area contributed by atoms with Gasteiger partial charge in [0.1, 0.15) is 0 Å². The van der Waals surface area contributed by atoms with Crippen LogP contribution in [-0.4, -0.2) is 39.4 Å². The first kappa shape index (κ1) is 15.7. The van der Waals surface area contributed by atoms with E-state index in [1.54, 1.807) is 12.1 Å². The second-order valence-corrected chi connectivity index (χ2v) is 5.91. The van der Waals surface area contributed by atoms with Crippen LogP contribution in [0.15, 0.2) is 18.3 Å². The minimum Gasteiger partial charge on any atom is -0.481 e. The minimum atomic E-state index is -3.30. The lowest BCUT2D eigenvalue weighted by molar-refractivity contribution is 0.398. The van der Waals surface area contributed by atoms with Crippen molar-refractivity contribution in [3.05, 3.63) is 18.3 Å². The number of aromatic nitrogens is 1. The summed E-state index contributed by atoms with van der Waals surface area (Å²) >= 11 is 0. The van der Waals surface area contributed by atoms with E-state index in [1.807, 2.05) is 6.92 Å². The number of rotatable bonds is 9. The van der Waals surface area contributed by atoms with Gasteiger partial charge in [-0.1, -0.05) is 6.92 Å².